The van der Waals surface area contributed by atoms with Gasteiger partial charge >= 0.3 is 11.9 Å². The molecule has 1 aromatic heterocycles. The standard InChI is InChI=1S/C20H26N2O2.C2H2O4/c1-2-16-5-7-17(8-6-16)15-22-11-9-18(10-12-22)20(23)21-14-19-4-3-13-24-19;3-1(4)2(5)6/h3-8,13,18H,2,9-12,14-15H2,1H3,(H,21,23);(H,3,4)(H,5,6). The van der Waals surface area contributed by atoms with Gasteiger partial charge in [-0.25, -0.2) is 9.59 Å². The third kappa shape index (κ3) is 7.71. The lowest BCUT2D eigenvalue weighted by atomic mass is 9.95. The fourth-order valence-corrected chi connectivity index (χ4v) is 3.22. The maximum absolute atomic E-state index is 12.3. The maximum Gasteiger partial charge on any atom is 0.414 e. The number of carboxylic acids is 2. The first-order chi connectivity index (χ1) is 14.4. The summed E-state index contributed by atoms with van der Waals surface area (Å²) in [4.78, 5) is 32.9. The molecular formula is C22H28N2O6. The van der Waals surface area contributed by atoms with Crippen molar-refractivity contribution in [1.82, 2.24) is 10.2 Å². The van der Waals surface area contributed by atoms with Crippen molar-refractivity contribution in [3.8, 4) is 0 Å². The summed E-state index contributed by atoms with van der Waals surface area (Å²) < 4.78 is 5.25. The van der Waals surface area contributed by atoms with Gasteiger partial charge in [-0.05, 0) is 55.6 Å². The number of likely N-dealkylation sites (tertiary alicyclic amines) is 1. The number of amides is 1. The molecule has 0 unspecified atom stereocenters. The Labute approximate surface area is 175 Å². The number of aliphatic carboxylic acids is 2. The number of nitrogens with zero attached hydrogens (tertiary/aromatic N) is 1. The van der Waals surface area contributed by atoms with Gasteiger partial charge in [0, 0.05) is 12.5 Å². The highest BCUT2D eigenvalue weighted by atomic mass is 16.4. The highest BCUT2D eigenvalue weighted by Gasteiger charge is 2.24. The fourth-order valence-electron chi connectivity index (χ4n) is 3.22. The summed E-state index contributed by atoms with van der Waals surface area (Å²) in [5.41, 5.74) is 2.73. The molecule has 8 nitrogen and oxygen atoms in total. The van der Waals surface area contributed by atoms with E-state index < -0.39 is 11.9 Å². The normalized spacial score (nSPS) is 14.4. The summed E-state index contributed by atoms with van der Waals surface area (Å²) in [6.45, 7) is 5.60. The van der Waals surface area contributed by atoms with E-state index in [1.165, 1.54) is 11.1 Å². The lowest BCUT2D eigenvalue weighted by Crippen LogP contribution is -2.40. The molecule has 1 fully saturated rings. The lowest BCUT2D eigenvalue weighted by Gasteiger charge is -2.31. The summed E-state index contributed by atoms with van der Waals surface area (Å²) in [6.07, 6.45) is 4.57. The predicted octanol–water partition coefficient (Wildman–Crippen LogP) is 2.53. The molecule has 3 N–H and O–H groups in total. The van der Waals surface area contributed by atoms with Crippen molar-refractivity contribution in [2.45, 2.75) is 39.3 Å². The van der Waals surface area contributed by atoms with E-state index in [1.54, 1.807) is 6.26 Å². The number of hydrogen-bond donors (Lipinski definition) is 3. The van der Waals surface area contributed by atoms with Gasteiger partial charge in [-0.2, -0.15) is 0 Å². The van der Waals surface area contributed by atoms with Crippen LogP contribution in [-0.2, 0) is 33.9 Å². The number of rotatable bonds is 6. The van der Waals surface area contributed by atoms with Gasteiger partial charge in [-0.15, -0.1) is 0 Å². The zero-order valence-electron chi connectivity index (χ0n) is 17.0. The van der Waals surface area contributed by atoms with E-state index >= 15 is 0 Å². The molecule has 30 heavy (non-hydrogen) atoms. The van der Waals surface area contributed by atoms with Crippen molar-refractivity contribution in [2.24, 2.45) is 5.92 Å². The minimum absolute atomic E-state index is 0.124. The van der Waals surface area contributed by atoms with Crippen molar-refractivity contribution in [3.05, 3.63) is 59.5 Å². The van der Waals surface area contributed by atoms with E-state index in [-0.39, 0.29) is 11.8 Å². The number of carbonyl (C=O) groups is 3. The quantitative estimate of drug-likeness (QED) is 0.619. The van der Waals surface area contributed by atoms with Crippen LogP contribution in [0.3, 0.4) is 0 Å². The van der Waals surface area contributed by atoms with Crippen LogP contribution in [0.4, 0.5) is 0 Å². The Morgan fingerprint density at radius 3 is 2.13 bits per heavy atom. The number of furan rings is 1. The molecule has 1 aliphatic rings. The zero-order chi connectivity index (χ0) is 21.9. The van der Waals surface area contributed by atoms with Crippen LogP contribution in [0.2, 0.25) is 0 Å². The van der Waals surface area contributed by atoms with Gasteiger partial charge in [-0.3, -0.25) is 9.69 Å². The first-order valence-corrected chi connectivity index (χ1v) is 9.95. The number of carbonyl (C=O) groups excluding carboxylic acids is 1. The van der Waals surface area contributed by atoms with Crippen LogP contribution in [0.15, 0.2) is 47.1 Å². The Morgan fingerprint density at radius 1 is 1.03 bits per heavy atom. The molecule has 2 aromatic rings. The van der Waals surface area contributed by atoms with E-state index in [4.69, 9.17) is 24.2 Å². The van der Waals surface area contributed by atoms with E-state index in [9.17, 15) is 4.79 Å². The number of benzene rings is 1. The summed E-state index contributed by atoms with van der Waals surface area (Å²) in [7, 11) is 0. The summed E-state index contributed by atoms with van der Waals surface area (Å²) in [6, 6.07) is 12.6. The van der Waals surface area contributed by atoms with Crippen molar-refractivity contribution >= 4 is 17.8 Å². The van der Waals surface area contributed by atoms with Crippen molar-refractivity contribution in [3.63, 3.8) is 0 Å². The minimum atomic E-state index is -1.82. The molecule has 3 rings (SSSR count). The van der Waals surface area contributed by atoms with Crippen LogP contribution in [0.5, 0.6) is 0 Å². The monoisotopic (exact) mass is 416 g/mol. The third-order valence-electron chi connectivity index (χ3n) is 5.00. The molecule has 0 bridgehead atoms. The number of carboxylic acid groups (broad SMARTS) is 2. The van der Waals surface area contributed by atoms with Crippen molar-refractivity contribution < 1.29 is 29.0 Å². The molecule has 2 heterocycles. The number of piperidine rings is 1. The van der Waals surface area contributed by atoms with Gasteiger partial charge in [-0.1, -0.05) is 31.2 Å². The Kier molecular flexibility index (Phi) is 9.08. The topological polar surface area (TPSA) is 120 Å². The number of nitrogens with one attached hydrogen (secondary N) is 1. The molecular weight excluding hydrogens is 388 g/mol. The second-order valence-corrected chi connectivity index (χ2v) is 7.13. The molecule has 162 valence electrons. The van der Waals surface area contributed by atoms with Crippen LogP contribution in [0.25, 0.3) is 0 Å². The van der Waals surface area contributed by atoms with Crippen LogP contribution < -0.4 is 5.32 Å². The van der Waals surface area contributed by atoms with Crippen molar-refractivity contribution in [2.75, 3.05) is 13.1 Å². The third-order valence-corrected chi connectivity index (χ3v) is 5.00. The first kappa shape index (κ1) is 23.2. The fraction of sp³-hybridized carbons (Fsp3) is 0.409. The zero-order valence-corrected chi connectivity index (χ0v) is 17.0. The maximum atomic E-state index is 12.3. The van der Waals surface area contributed by atoms with E-state index in [0.717, 1.165) is 44.7 Å². The van der Waals surface area contributed by atoms with E-state index in [2.05, 4.69) is 41.4 Å². The lowest BCUT2D eigenvalue weighted by molar-refractivity contribution is -0.159. The smallest absolute Gasteiger partial charge is 0.414 e. The second-order valence-electron chi connectivity index (χ2n) is 7.13. The molecule has 1 amide bonds. The van der Waals surface area contributed by atoms with Gasteiger partial charge in [0.1, 0.15) is 5.76 Å². The molecule has 0 radical (unpaired) electrons. The Bertz CT molecular complexity index is 797. The highest BCUT2D eigenvalue weighted by molar-refractivity contribution is 6.27. The molecule has 0 atom stereocenters. The van der Waals surface area contributed by atoms with E-state index in [1.807, 2.05) is 12.1 Å². The Hall–Kier alpha value is -3.13. The average Bonchev–Trinajstić information content (AvgIpc) is 3.27. The second kappa shape index (κ2) is 11.8. The summed E-state index contributed by atoms with van der Waals surface area (Å²) in [5, 5.41) is 17.8. The Balaban J connectivity index is 0.000000469. The van der Waals surface area contributed by atoms with Crippen LogP contribution in [-0.4, -0.2) is 46.0 Å². The highest BCUT2D eigenvalue weighted by Crippen LogP contribution is 2.19. The molecule has 1 saturated heterocycles. The van der Waals surface area contributed by atoms with Crippen LogP contribution >= 0.6 is 0 Å². The molecule has 0 aliphatic carbocycles. The largest absolute Gasteiger partial charge is 0.473 e. The average molecular weight is 416 g/mol. The SMILES string of the molecule is CCc1ccc(CN2CCC(C(=O)NCc3ccco3)CC2)cc1.O=C(O)C(=O)O. The first-order valence-electron chi connectivity index (χ1n) is 9.95. The summed E-state index contributed by atoms with van der Waals surface area (Å²) >= 11 is 0. The summed E-state index contributed by atoms with van der Waals surface area (Å²) in [5.74, 6) is -2.57. The van der Waals surface area contributed by atoms with Gasteiger partial charge in [0.2, 0.25) is 5.91 Å². The van der Waals surface area contributed by atoms with Gasteiger partial charge in [0.05, 0.1) is 12.8 Å². The molecule has 1 aromatic carbocycles. The van der Waals surface area contributed by atoms with Gasteiger partial charge < -0.3 is 19.9 Å². The van der Waals surface area contributed by atoms with Crippen LogP contribution in [0.1, 0.15) is 36.7 Å². The van der Waals surface area contributed by atoms with E-state index in [0.29, 0.717) is 6.54 Å². The minimum Gasteiger partial charge on any atom is -0.473 e. The molecule has 0 spiro atoms. The Morgan fingerprint density at radius 2 is 1.63 bits per heavy atom. The molecule has 1 aliphatic heterocycles. The molecule has 8 heteroatoms. The number of hydrogen-bond acceptors (Lipinski definition) is 5. The predicted molar refractivity (Wildman–Crippen MR) is 110 cm³/mol. The van der Waals surface area contributed by atoms with Gasteiger partial charge in [0.25, 0.3) is 0 Å². The van der Waals surface area contributed by atoms with Crippen LogP contribution in [0, 0.1) is 5.92 Å². The van der Waals surface area contributed by atoms with Gasteiger partial charge in [0.15, 0.2) is 0 Å². The molecule has 0 saturated carbocycles. The number of aryl methyl sites for hydroxylation is 1. The van der Waals surface area contributed by atoms with Crippen molar-refractivity contribution in [1.29, 1.82) is 0 Å².